The first kappa shape index (κ1) is 14.0. The third-order valence-corrected chi connectivity index (χ3v) is 2.37. The summed E-state index contributed by atoms with van der Waals surface area (Å²) in [6.07, 6.45) is 0.964. The van der Waals surface area contributed by atoms with Crippen LogP contribution in [0.3, 0.4) is 0 Å². The number of anilines is 1. The van der Waals surface area contributed by atoms with Gasteiger partial charge in [-0.25, -0.2) is 4.99 Å². The molecule has 5 heteroatoms. The van der Waals surface area contributed by atoms with Crippen molar-refractivity contribution in [2.45, 2.75) is 20.3 Å². The summed E-state index contributed by atoms with van der Waals surface area (Å²) in [4.78, 5) is 15.2. The lowest BCUT2D eigenvalue weighted by molar-refractivity contribution is -0.119. The van der Waals surface area contributed by atoms with Crippen molar-refractivity contribution >= 4 is 17.6 Å². The monoisotopic (exact) mass is 248 g/mol. The van der Waals surface area contributed by atoms with E-state index in [2.05, 4.69) is 22.5 Å². The number of aryl methyl sites for hydroxylation is 1. The molecule has 0 fully saturated rings. The maximum atomic E-state index is 11.2. The van der Waals surface area contributed by atoms with Crippen LogP contribution in [-0.4, -0.2) is 25.0 Å². The van der Waals surface area contributed by atoms with Crippen molar-refractivity contribution in [3.8, 4) is 0 Å². The molecule has 0 aromatic heterocycles. The molecule has 1 aromatic rings. The average molecular weight is 248 g/mol. The molecule has 18 heavy (non-hydrogen) atoms. The van der Waals surface area contributed by atoms with Crippen LogP contribution in [0.25, 0.3) is 0 Å². The van der Waals surface area contributed by atoms with Gasteiger partial charge in [-0.1, -0.05) is 19.1 Å². The molecule has 0 unspecified atom stereocenters. The first-order valence-corrected chi connectivity index (χ1v) is 6.08. The highest BCUT2D eigenvalue weighted by Gasteiger charge is 1.99. The minimum Gasteiger partial charge on any atom is -0.370 e. The number of hydrogen-bond acceptors (Lipinski definition) is 2. The quantitative estimate of drug-likeness (QED) is 0.539. The second-order valence-corrected chi connectivity index (χ2v) is 3.83. The Morgan fingerprint density at radius 3 is 2.83 bits per heavy atom. The van der Waals surface area contributed by atoms with E-state index in [0.717, 1.165) is 12.1 Å². The third kappa shape index (κ3) is 4.86. The van der Waals surface area contributed by atoms with Crippen LogP contribution in [0.5, 0.6) is 0 Å². The van der Waals surface area contributed by atoms with Gasteiger partial charge in [-0.2, -0.15) is 0 Å². The van der Waals surface area contributed by atoms with E-state index in [4.69, 9.17) is 5.73 Å². The van der Waals surface area contributed by atoms with E-state index < -0.39 is 0 Å². The molecule has 1 amide bonds. The number of carbonyl (C=O) groups excluding carboxylic acids is 1. The molecule has 0 atom stereocenters. The molecule has 1 aromatic carbocycles. The van der Waals surface area contributed by atoms with Crippen molar-refractivity contribution < 1.29 is 4.79 Å². The second-order valence-electron chi connectivity index (χ2n) is 3.83. The topological polar surface area (TPSA) is 79.5 Å². The molecule has 0 spiro atoms. The van der Waals surface area contributed by atoms with Gasteiger partial charge in [0, 0.05) is 12.2 Å². The minimum absolute atomic E-state index is 0.0418. The highest BCUT2D eigenvalue weighted by Crippen LogP contribution is 2.10. The summed E-state index contributed by atoms with van der Waals surface area (Å²) in [5, 5.41) is 5.62. The SMILES string of the molecule is CCNC(=O)CN=C(N)Nc1cccc(CC)c1. The van der Waals surface area contributed by atoms with Gasteiger partial charge >= 0.3 is 0 Å². The summed E-state index contributed by atoms with van der Waals surface area (Å²) in [5.74, 6) is 0.110. The van der Waals surface area contributed by atoms with E-state index in [-0.39, 0.29) is 18.4 Å². The molecule has 0 saturated heterocycles. The van der Waals surface area contributed by atoms with Gasteiger partial charge in [0.25, 0.3) is 0 Å². The van der Waals surface area contributed by atoms with Crippen molar-refractivity contribution in [1.29, 1.82) is 0 Å². The molecule has 5 nitrogen and oxygen atoms in total. The summed E-state index contributed by atoms with van der Waals surface area (Å²) in [6.45, 7) is 4.59. The smallest absolute Gasteiger partial charge is 0.241 e. The van der Waals surface area contributed by atoms with Crippen LogP contribution in [0.15, 0.2) is 29.3 Å². The minimum atomic E-state index is -0.135. The third-order valence-electron chi connectivity index (χ3n) is 2.37. The van der Waals surface area contributed by atoms with E-state index in [1.807, 2.05) is 31.2 Å². The summed E-state index contributed by atoms with van der Waals surface area (Å²) < 4.78 is 0. The standard InChI is InChI=1S/C13H20N4O/c1-3-10-6-5-7-11(8-10)17-13(14)16-9-12(18)15-4-2/h5-8H,3-4,9H2,1-2H3,(H,15,18)(H3,14,16,17). The highest BCUT2D eigenvalue weighted by atomic mass is 16.1. The number of nitrogens with two attached hydrogens (primary N) is 1. The molecule has 1 rings (SSSR count). The van der Waals surface area contributed by atoms with Gasteiger partial charge in [-0.3, -0.25) is 4.79 Å². The Morgan fingerprint density at radius 1 is 1.39 bits per heavy atom. The molecule has 4 N–H and O–H groups in total. The van der Waals surface area contributed by atoms with Crippen LogP contribution >= 0.6 is 0 Å². The number of carbonyl (C=O) groups is 1. The van der Waals surface area contributed by atoms with Crippen LogP contribution in [-0.2, 0) is 11.2 Å². The number of rotatable bonds is 5. The summed E-state index contributed by atoms with van der Waals surface area (Å²) in [6, 6.07) is 7.92. The summed E-state index contributed by atoms with van der Waals surface area (Å²) in [5.41, 5.74) is 7.80. The van der Waals surface area contributed by atoms with Gasteiger partial charge < -0.3 is 16.4 Å². The number of guanidine groups is 1. The zero-order valence-corrected chi connectivity index (χ0v) is 10.9. The number of nitrogens with one attached hydrogen (secondary N) is 2. The number of likely N-dealkylation sites (N-methyl/N-ethyl adjacent to an activating group) is 1. The van der Waals surface area contributed by atoms with Gasteiger partial charge in [0.1, 0.15) is 6.54 Å². The molecular formula is C13H20N4O. The molecular weight excluding hydrogens is 228 g/mol. The largest absolute Gasteiger partial charge is 0.370 e. The van der Waals surface area contributed by atoms with Crippen LogP contribution in [0, 0.1) is 0 Å². The zero-order valence-electron chi connectivity index (χ0n) is 10.9. The lowest BCUT2D eigenvalue weighted by Crippen LogP contribution is -2.28. The van der Waals surface area contributed by atoms with Crippen molar-refractivity contribution in [3.05, 3.63) is 29.8 Å². The van der Waals surface area contributed by atoms with E-state index in [9.17, 15) is 4.79 Å². The number of nitrogens with zero attached hydrogens (tertiary/aromatic N) is 1. The van der Waals surface area contributed by atoms with Gasteiger partial charge in [0.2, 0.25) is 5.91 Å². The van der Waals surface area contributed by atoms with E-state index in [1.54, 1.807) is 0 Å². The number of benzene rings is 1. The summed E-state index contributed by atoms with van der Waals surface area (Å²) >= 11 is 0. The van der Waals surface area contributed by atoms with Crippen LogP contribution in [0.4, 0.5) is 5.69 Å². The van der Waals surface area contributed by atoms with Gasteiger partial charge in [0.15, 0.2) is 5.96 Å². The molecule has 0 saturated carbocycles. The van der Waals surface area contributed by atoms with Gasteiger partial charge in [-0.15, -0.1) is 0 Å². The highest BCUT2D eigenvalue weighted by molar-refractivity contribution is 5.93. The van der Waals surface area contributed by atoms with Crippen LogP contribution in [0.1, 0.15) is 19.4 Å². The number of amides is 1. The molecule has 98 valence electrons. The zero-order chi connectivity index (χ0) is 13.4. The molecule has 0 aliphatic rings. The van der Waals surface area contributed by atoms with E-state index in [0.29, 0.717) is 6.54 Å². The Kier molecular flexibility index (Phi) is 5.70. The molecule has 0 bridgehead atoms. The van der Waals surface area contributed by atoms with E-state index >= 15 is 0 Å². The second kappa shape index (κ2) is 7.32. The van der Waals surface area contributed by atoms with Gasteiger partial charge in [0.05, 0.1) is 0 Å². The maximum Gasteiger partial charge on any atom is 0.241 e. The fourth-order valence-electron chi connectivity index (χ4n) is 1.47. The Labute approximate surface area is 107 Å². The van der Waals surface area contributed by atoms with Crippen molar-refractivity contribution in [3.63, 3.8) is 0 Å². The van der Waals surface area contributed by atoms with Gasteiger partial charge in [-0.05, 0) is 31.0 Å². The molecule has 0 heterocycles. The van der Waals surface area contributed by atoms with Crippen LogP contribution in [0.2, 0.25) is 0 Å². The molecule has 0 radical (unpaired) electrons. The lowest BCUT2D eigenvalue weighted by Gasteiger charge is -2.07. The Morgan fingerprint density at radius 2 is 2.17 bits per heavy atom. The van der Waals surface area contributed by atoms with Crippen LogP contribution < -0.4 is 16.4 Å². The number of aliphatic imine (C=N–C) groups is 1. The fraction of sp³-hybridized carbons (Fsp3) is 0.385. The average Bonchev–Trinajstić information content (AvgIpc) is 2.37. The normalized spacial score (nSPS) is 11.1. The first-order chi connectivity index (χ1) is 8.65. The van der Waals surface area contributed by atoms with Crippen molar-refractivity contribution in [1.82, 2.24) is 5.32 Å². The van der Waals surface area contributed by atoms with E-state index in [1.165, 1.54) is 5.56 Å². The molecule has 0 aliphatic heterocycles. The van der Waals surface area contributed by atoms with Crippen molar-refractivity contribution in [2.75, 3.05) is 18.4 Å². The first-order valence-electron chi connectivity index (χ1n) is 6.08. The Balaban J connectivity index is 2.55. The molecule has 0 aliphatic carbocycles. The predicted octanol–water partition coefficient (Wildman–Crippen LogP) is 1.11. The Hall–Kier alpha value is -2.04. The number of hydrogen-bond donors (Lipinski definition) is 3. The summed E-state index contributed by atoms with van der Waals surface area (Å²) in [7, 11) is 0. The predicted molar refractivity (Wildman–Crippen MR) is 74.6 cm³/mol. The van der Waals surface area contributed by atoms with Crippen molar-refractivity contribution in [2.24, 2.45) is 10.7 Å². The fourth-order valence-corrected chi connectivity index (χ4v) is 1.47. The lowest BCUT2D eigenvalue weighted by atomic mass is 10.1. The Bertz CT molecular complexity index is 429. The maximum absolute atomic E-state index is 11.2.